The molecule has 0 N–H and O–H groups in total. The zero-order chi connectivity index (χ0) is 25.1. The van der Waals surface area contributed by atoms with Crippen molar-refractivity contribution >= 4 is 18.2 Å². The maximum Gasteiger partial charge on any atom is 0.316 e. The third kappa shape index (κ3) is 6.66. The molecule has 5 heteroatoms. The van der Waals surface area contributed by atoms with Gasteiger partial charge in [-0.05, 0) is 91.8 Å². The second-order valence-electron chi connectivity index (χ2n) is 11.2. The molecular formula is C28H38O5. The molecule has 0 saturated carbocycles. The van der Waals surface area contributed by atoms with Gasteiger partial charge in [0.2, 0.25) is 0 Å². The molecule has 0 saturated heterocycles. The van der Waals surface area contributed by atoms with Crippen LogP contribution in [0.3, 0.4) is 0 Å². The first kappa shape index (κ1) is 26.6. The van der Waals surface area contributed by atoms with E-state index in [0.717, 1.165) is 24.7 Å². The summed E-state index contributed by atoms with van der Waals surface area (Å²) in [4.78, 5) is 37.1. The Bertz CT molecular complexity index is 920. The van der Waals surface area contributed by atoms with Crippen LogP contribution in [0.25, 0.3) is 0 Å². The number of carbonyl (C=O) groups excluding carboxylic acids is 3. The first-order valence-corrected chi connectivity index (χ1v) is 11.5. The van der Waals surface area contributed by atoms with Crippen LogP contribution in [0.4, 0.5) is 0 Å². The van der Waals surface area contributed by atoms with Gasteiger partial charge in [0.05, 0.1) is 10.8 Å². The van der Waals surface area contributed by atoms with E-state index in [1.54, 1.807) is 53.7 Å². The van der Waals surface area contributed by atoms with Crippen LogP contribution in [0.15, 0.2) is 35.9 Å². The molecular weight excluding hydrogens is 416 g/mol. The van der Waals surface area contributed by atoms with Gasteiger partial charge in [-0.1, -0.05) is 23.8 Å². The van der Waals surface area contributed by atoms with Gasteiger partial charge < -0.3 is 14.3 Å². The number of hydrogen-bond acceptors (Lipinski definition) is 5. The minimum absolute atomic E-state index is 0.102. The SMILES string of the molecule is C=C(C)[C@@H]1CCC(C)=C[C@H]1c1c(OC(=O)C(C)(C)C)cc(CC=O)cc1OC(=O)C(C)(C)C. The zero-order valence-electron chi connectivity index (χ0n) is 21.3. The highest BCUT2D eigenvalue weighted by Crippen LogP contribution is 2.48. The molecule has 2 rings (SSSR count). The fraction of sp³-hybridized carbons (Fsp3) is 0.536. The smallest absolute Gasteiger partial charge is 0.316 e. The van der Waals surface area contributed by atoms with E-state index in [4.69, 9.17) is 9.47 Å². The van der Waals surface area contributed by atoms with Crippen LogP contribution in [0.2, 0.25) is 0 Å². The number of aldehydes is 1. The second-order valence-corrected chi connectivity index (χ2v) is 11.2. The summed E-state index contributed by atoms with van der Waals surface area (Å²) in [5, 5.41) is 0. The van der Waals surface area contributed by atoms with Crippen LogP contribution in [-0.4, -0.2) is 18.2 Å². The first-order chi connectivity index (χ1) is 15.1. The van der Waals surface area contributed by atoms with Crippen LogP contribution in [-0.2, 0) is 20.8 Å². The molecule has 0 heterocycles. The summed E-state index contributed by atoms with van der Waals surface area (Å²) in [7, 11) is 0. The van der Waals surface area contributed by atoms with Crippen molar-refractivity contribution in [1.29, 1.82) is 0 Å². The van der Waals surface area contributed by atoms with Gasteiger partial charge >= 0.3 is 11.9 Å². The summed E-state index contributed by atoms with van der Waals surface area (Å²) in [6.45, 7) is 19.0. The van der Waals surface area contributed by atoms with Crippen molar-refractivity contribution in [3.8, 4) is 11.5 Å². The summed E-state index contributed by atoms with van der Waals surface area (Å²) >= 11 is 0. The lowest BCUT2D eigenvalue weighted by Gasteiger charge is -2.33. The van der Waals surface area contributed by atoms with Crippen LogP contribution in [0.1, 0.15) is 85.3 Å². The van der Waals surface area contributed by atoms with Crippen molar-refractivity contribution in [2.75, 3.05) is 0 Å². The van der Waals surface area contributed by atoms with E-state index in [2.05, 4.69) is 19.6 Å². The zero-order valence-corrected chi connectivity index (χ0v) is 21.3. The number of ether oxygens (including phenoxy) is 2. The molecule has 0 unspecified atom stereocenters. The Morgan fingerprint density at radius 1 is 1.03 bits per heavy atom. The van der Waals surface area contributed by atoms with E-state index in [9.17, 15) is 14.4 Å². The van der Waals surface area contributed by atoms with E-state index < -0.39 is 22.8 Å². The van der Waals surface area contributed by atoms with E-state index >= 15 is 0 Å². The summed E-state index contributed by atoms with van der Waals surface area (Å²) < 4.78 is 11.8. The Kier molecular flexibility index (Phi) is 8.10. The van der Waals surface area contributed by atoms with E-state index in [-0.39, 0.29) is 18.3 Å². The van der Waals surface area contributed by atoms with Gasteiger partial charge in [-0.3, -0.25) is 9.59 Å². The number of carbonyl (C=O) groups is 3. The lowest BCUT2D eigenvalue weighted by atomic mass is 9.73. The predicted octanol–water partition coefficient (Wildman–Crippen LogP) is 6.35. The summed E-state index contributed by atoms with van der Waals surface area (Å²) in [5.41, 5.74) is 2.04. The minimum Gasteiger partial charge on any atom is -0.426 e. The molecule has 0 radical (unpaired) electrons. The summed E-state index contributed by atoms with van der Waals surface area (Å²) in [6.07, 6.45) is 4.90. The number of esters is 2. The first-order valence-electron chi connectivity index (χ1n) is 11.5. The molecule has 1 aromatic rings. The normalized spacial score (nSPS) is 18.8. The van der Waals surface area contributed by atoms with Crippen LogP contribution in [0.5, 0.6) is 11.5 Å². The summed E-state index contributed by atoms with van der Waals surface area (Å²) in [6, 6.07) is 3.43. The molecule has 0 bridgehead atoms. The van der Waals surface area contributed by atoms with Gasteiger partial charge in [0.1, 0.15) is 17.8 Å². The highest BCUT2D eigenvalue weighted by Gasteiger charge is 2.35. The van der Waals surface area contributed by atoms with Gasteiger partial charge in [-0.25, -0.2) is 0 Å². The van der Waals surface area contributed by atoms with Crippen LogP contribution >= 0.6 is 0 Å². The third-order valence-electron chi connectivity index (χ3n) is 5.83. The van der Waals surface area contributed by atoms with Crippen molar-refractivity contribution in [2.45, 2.75) is 80.6 Å². The maximum atomic E-state index is 12.9. The second kappa shape index (κ2) is 10.1. The van der Waals surface area contributed by atoms with Gasteiger partial charge in [0.15, 0.2) is 0 Å². The van der Waals surface area contributed by atoms with E-state index in [1.165, 1.54) is 5.57 Å². The number of allylic oxidation sites excluding steroid dienone is 3. The minimum atomic E-state index is -0.730. The van der Waals surface area contributed by atoms with Gasteiger partial charge in [0.25, 0.3) is 0 Å². The fourth-order valence-electron chi connectivity index (χ4n) is 3.78. The van der Waals surface area contributed by atoms with E-state index in [1.807, 2.05) is 6.92 Å². The molecule has 1 aromatic carbocycles. The lowest BCUT2D eigenvalue weighted by molar-refractivity contribution is -0.143. The van der Waals surface area contributed by atoms with Crippen molar-refractivity contribution in [3.05, 3.63) is 47.1 Å². The molecule has 0 amide bonds. The fourth-order valence-corrected chi connectivity index (χ4v) is 3.78. The van der Waals surface area contributed by atoms with Crippen molar-refractivity contribution in [1.82, 2.24) is 0 Å². The average Bonchev–Trinajstić information content (AvgIpc) is 2.66. The molecule has 0 aliphatic heterocycles. The predicted molar refractivity (Wildman–Crippen MR) is 130 cm³/mol. The third-order valence-corrected chi connectivity index (χ3v) is 5.83. The Hall–Kier alpha value is -2.69. The lowest BCUT2D eigenvalue weighted by Crippen LogP contribution is -2.29. The Balaban J connectivity index is 2.80. The molecule has 5 nitrogen and oxygen atoms in total. The Morgan fingerprint density at radius 2 is 1.52 bits per heavy atom. The van der Waals surface area contributed by atoms with Gasteiger partial charge in [-0.15, -0.1) is 0 Å². The summed E-state index contributed by atoms with van der Waals surface area (Å²) in [5.74, 6) is -0.217. The van der Waals surface area contributed by atoms with Crippen molar-refractivity contribution in [3.63, 3.8) is 0 Å². The maximum absolute atomic E-state index is 12.9. The molecule has 33 heavy (non-hydrogen) atoms. The molecule has 180 valence electrons. The Morgan fingerprint density at radius 3 is 1.91 bits per heavy atom. The molecule has 2 atom stereocenters. The standard InChI is InChI=1S/C28H38O5/c1-17(2)20-11-10-18(3)14-21(20)24-22(32-25(30)27(4,5)6)15-19(12-13-29)16-23(24)33-26(31)28(7,8)9/h13-16,20-21H,1,10-12H2,2-9H3/t20-,21+/m0/s1. The monoisotopic (exact) mass is 454 g/mol. The molecule has 0 aromatic heterocycles. The van der Waals surface area contributed by atoms with E-state index in [0.29, 0.717) is 22.6 Å². The van der Waals surface area contributed by atoms with Crippen molar-refractivity contribution < 1.29 is 23.9 Å². The topological polar surface area (TPSA) is 69.7 Å². The van der Waals surface area contributed by atoms with Gasteiger partial charge in [-0.2, -0.15) is 0 Å². The van der Waals surface area contributed by atoms with Crippen LogP contribution in [0, 0.1) is 16.7 Å². The molecule has 0 fully saturated rings. The Labute approximate surface area is 198 Å². The van der Waals surface area contributed by atoms with Gasteiger partial charge in [0, 0.05) is 17.9 Å². The van der Waals surface area contributed by atoms with Crippen molar-refractivity contribution in [2.24, 2.45) is 16.7 Å². The number of hydrogen-bond donors (Lipinski definition) is 0. The van der Waals surface area contributed by atoms with Crippen LogP contribution < -0.4 is 9.47 Å². The highest BCUT2D eigenvalue weighted by atomic mass is 16.5. The number of benzene rings is 1. The molecule has 1 aliphatic carbocycles. The quantitative estimate of drug-likeness (QED) is 0.217. The molecule has 0 spiro atoms. The molecule has 1 aliphatic rings. The highest BCUT2D eigenvalue weighted by molar-refractivity contribution is 5.81. The average molecular weight is 455 g/mol. The largest absolute Gasteiger partial charge is 0.426 e. The number of rotatable bonds is 6.